The van der Waals surface area contributed by atoms with E-state index in [1.165, 1.54) is 0 Å². The number of para-hydroxylation sites is 1. The van der Waals surface area contributed by atoms with Gasteiger partial charge >= 0.3 is 0 Å². The number of benzene rings is 1. The Bertz CT molecular complexity index is 770. The number of hydrogen-bond acceptors (Lipinski definition) is 4. The van der Waals surface area contributed by atoms with E-state index >= 15 is 0 Å². The Labute approximate surface area is 123 Å². The molecule has 0 unspecified atom stereocenters. The third-order valence-corrected chi connectivity index (χ3v) is 3.20. The lowest BCUT2D eigenvalue weighted by Crippen LogP contribution is -2.00. The summed E-state index contributed by atoms with van der Waals surface area (Å²) in [6.45, 7) is 3.97. The zero-order chi connectivity index (χ0) is 14.7. The second-order valence-corrected chi connectivity index (χ2v) is 4.73. The van der Waals surface area contributed by atoms with Crippen LogP contribution in [0.1, 0.15) is 11.1 Å². The Morgan fingerprint density at radius 3 is 2.29 bits per heavy atom. The minimum Gasteiger partial charge on any atom is -0.227 e. The number of aryl methyl sites for hydroxylation is 2. The second kappa shape index (κ2) is 5.66. The summed E-state index contributed by atoms with van der Waals surface area (Å²) in [7, 11) is 0. The molecular formula is C16H14N5. The molecule has 0 saturated carbocycles. The molecule has 0 bridgehead atoms. The van der Waals surface area contributed by atoms with Crippen molar-refractivity contribution in [3.05, 3.63) is 59.9 Å². The van der Waals surface area contributed by atoms with E-state index in [1.54, 1.807) is 12.4 Å². The van der Waals surface area contributed by atoms with Gasteiger partial charge in [-0.25, -0.2) is 5.32 Å². The van der Waals surface area contributed by atoms with E-state index in [4.69, 9.17) is 0 Å². The van der Waals surface area contributed by atoms with Gasteiger partial charge in [0, 0.05) is 11.8 Å². The van der Waals surface area contributed by atoms with Crippen LogP contribution in [-0.4, -0.2) is 20.4 Å². The maximum atomic E-state index is 4.62. The van der Waals surface area contributed by atoms with E-state index in [2.05, 4.69) is 25.7 Å². The Hall–Kier alpha value is -2.82. The van der Waals surface area contributed by atoms with Crippen molar-refractivity contribution >= 4 is 11.5 Å². The van der Waals surface area contributed by atoms with Crippen LogP contribution in [0.2, 0.25) is 0 Å². The van der Waals surface area contributed by atoms with Crippen molar-refractivity contribution in [1.82, 2.24) is 25.7 Å². The maximum absolute atomic E-state index is 4.62. The van der Waals surface area contributed by atoms with Crippen LogP contribution >= 0.6 is 0 Å². The molecule has 0 fully saturated rings. The smallest absolute Gasteiger partial charge is 0.177 e. The van der Waals surface area contributed by atoms with E-state index < -0.39 is 0 Å². The van der Waals surface area contributed by atoms with E-state index in [0.717, 1.165) is 28.1 Å². The quantitative estimate of drug-likeness (QED) is 0.737. The first-order chi connectivity index (χ1) is 10.3. The van der Waals surface area contributed by atoms with Gasteiger partial charge in [-0.15, -0.1) is 5.10 Å². The van der Waals surface area contributed by atoms with Gasteiger partial charge < -0.3 is 0 Å². The van der Waals surface area contributed by atoms with Crippen molar-refractivity contribution < 1.29 is 0 Å². The Kier molecular flexibility index (Phi) is 3.55. The van der Waals surface area contributed by atoms with E-state index in [0.29, 0.717) is 5.82 Å². The number of nitrogens with zero attached hydrogens (tertiary/aromatic N) is 5. The summed E-state index contributed by atoms with van der Waals surface area (Å²) in [5.41, 5.74) is 4.62. The van der Waals surface area contributed by atoms with Crippen LogP contribution in [0.25, 0.3) is 11.3 Å². The van der Waals surface area contributed by atoms with Crippen LogP contribution in [0.15, 0.2) is 48.8 Å². The molecule has 103 valence electrons. The second-order valence-electron chi connectivity index (χ2n) is 4.73. The molecule has 1 aromatic carbocycles. The van der Waals surface area contributed by atoms with Gasteiger partial charge in [-0.3, -0.25) is 0 Å². The van der Waals surface area contributed by atoms with Crippen LogP contribution in [0.5, 0.6) is 0 Å². The molecule has 21 heavy (non-hydrogen) atoms. The van der Waals surface area contributed by atoms with Gasteiger partial charge in [0.2, 0.25) is 0 Å². The highest BCUT2D eigenvalue weighted by Gasteiger charge is 2.12. The molecule has 2 heterocycles. The largest absolute Gasteiger partial charge is 0.227 e. The minimum atomic E-state index is 0.617. The lowest BCUT2D eigenvalue weighted by molar-refractivity contribution is 0.950. The Morgan fingerprint density at radius 2 is 1.52 bits per heavy atom. The van der Waals surface area contributed by atoms with Crippen molar-refractivity contribution in [3.8, 4) is 11.3 Å². The Balaban J connectivity index is 2.05. The first-order valence-corrected chi connectivity index (χ1v) is 6.63. The number of hydrogen-bond donors (Lipinski definition) is 0. The molecule has 0 saturated heterocycles. The molecule has 1 radical (unpaired) electrons. The molecule has 0 N–H and O–H groups in total. The zero-order valence-electron chi connectivity index (χ0n) is 11.9. The van der Waals surface area contributed by atoms with E-state index in [-0.39, 0.29) is 0 Å². The Morgan fingerprint density at radius 1 is 0.810 bits per heavy atom. The van der Waals surface area contributed by atoms with Crippen LogP contribution in [0, 0.1) is 13.8 Å². The average molecular weight is 276 g/mol. The summed E-state index contributed by atoms with van der Waals surface area (Å²) >= 11 is 0. The third-order valence-electron chi connectivity index (χ3n) is 3.20. The van der Waals surface area contributed by atoms with Crippen molar-refractivity contribution in [2.75, 3.05) is 0 Å². The van der Waals surface area contributed by atoms with Crippen LogP contribution < -0.4 is 5.32 Å². The topological polar surface area (TPSA) is 65.7 Å². The highest BCUT2D eigenvalue weighted by Crippen LogP contribution is 2.30. The highest BCUT2D eigenvalue weighted by atomic mass is 15.2. The molecule has 5 heteroatoms. The zero-order valence-corrected chi connectivity index (χ0v) is 11.9. The normalized spacial score (nSPS) is 10.4. The van der Waals surface area contributed by atoms with E-state index in [9.17, 15) is 0 Å². The minimum absolute atomic E-state index is 0.617. The maximum Gasteiger partial charge on any atom is 0.177 e. The van der Waals surface area contributed by atoms with Crippen LogP contribution in [0.3, 0.4) is 0 Å². The lowest BCUT2D eigenvalue weighted by Gasteiger charge is -2.10. The number of rotatable bonds is 3. The molecule has 0 spiro atoms. The van der Waals surface area contributed by atoms with Gasteiger partial charge in [-0.2, -0.15) is 15.3 Å². The molecule has 5 nitrogen and oxygen atoms in total. The average Bonchev–Trinajstić information content (AvgIpc) is 2.51. The van der Waals surface area contributed by atoms with Crippen molar-refractivity contribution in [2.45, 2.75) is 13.8 Å². The monoisotopic (exact) mass is 276 g/mol. The molecule has 3 rings (SSSR count). The van der Waals surface area contributed by atoms with Crippen LogP contribution in [0.4, 0.5) is 11.5 Å². The van der Waals surface area contributed by atoms with Crippen molar-refractivity contribution in [3.63, 3.8) is 0 Å². The summed E-state index contributed by atoms with van der Waals surface area (Å²) in [5, 5.41) is 20.8. The SMILES string of the molecule is Cc1ccnnc1[N]c1ccccc1-c1nnccc1C. The molecule has 0 aliphatic carbocycles. The first-order valence-electron chi connectivity index (χ1n) is 6.63. The summed E-state index contributed by atoms with van der Waals surface area (Å²) in [6.07, 6.45) is 3.35. The fraction of sp³-hybridized carbons (Fsp3) is 0.125. The van der Waals surface area contributed by atoms with Crippen molar-refractivity contribution in [1.29, 1.82) is 0 Å². The number of aromatic nitrogens is 4. The highest BCUT2D eigenvalue weighted by molar-refractivity contribution is 5.75. The molecule has 2 aromatic heterocycles. The molecule has 0 amide bonds. The molecule has 0 atom stereocenters. The lowest BCUT2D eigenvalue weighted by atomic mass is 10.1. The van der Waals surface area contributed by atoms with Gasteiger partial charge in [0.25, 0.3) is 0 Å². The van der Waals surface area contributed by atoms with Gasteiger partial charge in [-0.05, 0) is 43.2 Å². The van der Waals surface area contributed by atoms with Gasteiger partial charge in [-0.1, -0.05) is 18.2 Å². The molecule has 0 aliphatic heterocycles. The fourth-order valence-electron chi connectivity index (χ4n) is 2.04. The molecule has 0 aliphatic rings. The van der Waals surface area contributed by atoms with Crippen molar-refractivity contribution in [2.24, 2.45) is 0 Å². The molecule has 3 aromatic rings. The van der Waals surface area contributed by atoms with Crippen LogP contribution in [-0.2, 0) is 0 Å². The summed E-state index contributed by atoms with van der Waals surface area (Å²) in [5.74, 6) is 0.617. The van der Waals surface area contributed by atoms with Gasteiger partial charge in [0.05, 0.1) is 17.6 Å². The van der Waals surface area contributed by atoms with Gasteiger partial charge in [0.15, 0.2) is 5.82 Å². The summed E-state index contributed by atoms with van der Waals surface area (Å²) in [4.78, 5) is 0. The van der Waals surface area contributed by atoms with Gasteiger partial charge in [0.1, 0.15) is 0 Å². The molecular weight excluding hydrogens is 262 g/mol. The fourth-order valence-corrected chi connectivity index (χ4v) is 2.04. The standard InChI is InChI=1S/C16H14N5/c1-11-7-9-17-20-15(11)13-5-3-4-6-14(13)19-16-12(2)8-10-18-21-16/h3-10H,1-2H3. The summed E-state index contributed by atoms with van der Waals surface area (Å²) < 4.78 is 0. The van der Waals surface area contributed by atoms with E-state index in [1.807, 2.05) is 50.2 Å². The third kappa shape index (κ3) is 2.72. The predicted molar refractivity (Wildman–Crippen MR) is 80.4 cm³/mol. The predicted octanol–water partition coefficient (Wildman–Crippen LogP) is 3.12. The summed E-state index contributed by atoms with van der Waals surface area (Å²) in [6, 6.07) is 11.7. The first kappa shape index (κ1) is 13.2.